The lowest BCUT2D eigenvalue weighted by Crippen LogP contribution is -2.43. The van der Waals surface area contributed by atoms with E-state index < -0.39 is 20.3 Å². The van der Waals surface area contributed by atoms with Gasteiger partial charge in [0.15, 0.2) is 8.32 Å². The van der Waals surface area contributed by atoms with Crippen LogP contribution in [0.4, 0.5) is 0 Å². The Balaban J connectivity index is 2.82. The highest BCUT2D eigenvalue weighted by atomic mass is 35.5. The van der Waals surface area contributed by atoms with Crippen molar-refractivity contribution < 1.29 is 19.2 Å². The fourth-order valence-corrected chi connectivity index (χ4v) is 3.63. The monoisotopic (exact) mass is 415 g/mol. The van der Waals surface area contributed by atoms with Gasteiger partial charge in [0.25, 0.3) is 5.91 Å². The average molecular weight is 416 g/mol. The number of hydrogen-bond donors (Lipinski definition) is 1. The third-order valence-corrected chi connectivity index (χ3v) is 10.2. The van der Waals surface area contributed by atoms with Crippen LogP contribution in [0.15, 0.2) is 24.3 Å². The molecule has 2 atom stereocenters. The van der Waals surface area contributed by atoms with Crippen LogP contribution in [0.2, 0.25) is 23.2 Å². The fraction of sp³-hybridized carbons (Fsp3) is 0.650. The van der Waals surface area contributed by atoms with E-state index in [-0.39, 0.29) is 10.9 Å². The zero-order valence-corrected chi connectivity index (χ0v) is 19.3. The number of rotatable bonds is 9. The van der Waals surface area contributed by atoms with Gasteiger partial charge in [-0.15, -0.1) is 0 Å². The number of nitrogens with zero attached hydrogens (tertiary/aromatic N) is 1. The second kappa shape index (κ2) is 10.0. The van der Waals surface area contributed by atoms with Crippen molar-refractivity contribution in [2.45, 2.75) is 57.8 Å². The normalized spacial score (nSPS) is 14.7. The van der Waals surface area contributed by atoms with E-state index in [2.05, 4.69) is 33.9 Å². The lowest BCUT2D eigenvalue weighted by atomic mass is 9.91. The molecule has 1 aromatic rings. The summed E-state index contributed by atoms with van der Waals surface area (Å²) in [6.07, 6.45) is -0.0190. The number of carbonyl (C=O) groups excluding carboxylic acids is 1. The number of hydrogen-bond acceptors (Lipinski definition) is 4. The summed E-state index contributed by atoms with van der Waals surface area (Å²) in [5.74, 6) is -0.869. The molecule has 5 nitrogen and oxygen atoms in total. The first-order valence-electron chi connectivity index (χ1n) is 9.27. The molecular formula is C20H34ClNO4Si. The zero-order valence-electron chi connectivity index (χ0n) is 17.6. The minimum Gasteiger partial charge on any atom is -0.417 e. The van der Waals surface area contributed by atoms with Gasteiger partial charge in [0, 0.05) is 18.7 Å². The molecule has 0 saturated heterocycles. The maximum absolute atomic E-state index is 12.7. The molecule has 0 radical (unpaired) electrons. The number of carbonyl (C=O) groups is 1. The van der Waals surface area contributed by atoms with E-state index >= 15 is 0 Å². The Hall–Kier alpha value is -0.923. The first-order chi connectivity index (χ1) is 12.4. The molecule has 0 saturated carbocycles. The van der Waals surface area contributed by atoms with Gasteiger partial charge in [0.1, 0.15) is 0 Å². The predicted molar refractivity (Wildman–Crippen MR) is 112 cm³/mol. The van der Waals surface area contributed by atoms with Crippen LogP contribution in [-0.4, -0.2) is 51.3 Å². The smallest absolute Gasteiger partial charge is 0.251 e. The highest BCUT2D eigenvalue weighted by molar-refractivity contribution is 6.74. The zero-order chi connectivity index (χ0) is 20.8. The summed E-state index contributed by atoms with van der Waals surface area (Å²) in [6, 6.07) is 7.30. The Labute approximate surface area is 169 Å². The fourth-order valence-electron chi connectivity index (χ4n) is 2.44. The van der Waals surface area contributed by atoms with E-state index in [4.69, 9.17) is 20.9 Å². The van der Waals surface area contributed by atoms with Gasteiger partial charge in [-0.05, 0) is 48.7 Å². The Bertz CT molecular complexity index is 601. The van der Waals surface area contributed by atoms with Crippen LogP contribution in [0.1, 0.15) is 32.8 Å². The third-order valence-electron chi connectivity index (χ3n) is 5.42. The van der Waals surface area contributed by atoms with Crippen LogP contribution in [0.5, 0.6) is 0 Å². The molecule has 0 spiro atoms. The van der Waals surface area contributed by atoms with Gasteiger partial charge in [-0.3, -0.25) is 9.63 Å². The van der Waals surface area contributed by atoms with Gasteiger partial charge >= 0.3 is 0 Å². The molecule has 0 heterocycles. The molecular weight excluding hydrogens is 382 g/mol. The maximum Gasteiger partial charge on any atom is 0.251 e. The van der Waals surface area contributed by atoms with E-state index in [1.165, 1.54) is 12.2 Å². The molecule has 7 heteroatoms. The topological polar surface area (TPSA) is 59.0 Å². The van der Waals surface area contributed by atoms with Gasteiger partial charge in [-0.2, -0.15) is 0 Å². The van der Waals surface area contributed by atoms with E-state index in [1.54, 1.807) is 19.2 Å². The third kappa shape index (κ3) is 7.20. The largest absolute Gasteiger partial charge is 0.417 e. The van der Waals surface area contributed by atoms with Crippen molar-refractivity contribution in [1.82, 2.24) is 5.06 Å². The van der Waals surface area contributed by atoms with E-state index in [0.717, 1.165) is 5.56 Å². The van der Waals surface area contributed by atoms with Gasteiger partial charge in [-0.25, -0.2) is 5.06 Å². The quantitative estimate of drug-likeness (QED) is 0.482. The molecule has 27 heavy (non-hydrogen) atoms. The maximum atomic E-state index is 12.7. The summed E-state index contributed by atoms with van der Waals surface area (Å²) in [5, 5.41) is 12.7. The van der Waals surface area contributed by atoms with Gasteiger partial charge < -0.3 is 9.53 Å². The number of amides is 1. The van der Waals surface area contributed by atoms with E-state index in [9.17, 15) is 9.90 Å². The second-order valence-corrected chi connectivity index (χ2v) is 13.7. The highest BCUT2D eigenvalue weighted by Gasteiger charge is 2.37. The molecule has 0 aliphatic carbocycles. The van der Waals surface area contributed by atoms with Crippen molar-refractivity contribution in [1.29, 1.82) is 0 Å². The van der Waals surface area contributed by atoms with Crippen LogP contribution < -0.4 is 0 Å². The molecule has 0 unspecified atom stereocenters. The van der Waals surface area contributed by atoms with Crippen LogP contribution in [-0.2, 0) is 20.5 Å². The van der Waals surface area contributed by atoms with Crippen molar-refractivity contribution in [3.8, 4) is 0 Å². The first-order valence-corrected chi connectivity index (χ1v) is 12.6. The molecule has 154 valence electrons. The summed E-state index contributed by atoms with van der Waals surface area (Å²) in [4.78, 5) is 17.7. The number of benzene rings is 1. The van der Waals surface area contributed by atoms with Crippen molar-refractivity contribution >= 4 is 25.8 Å². The predicted octanol–water partition coefficient (Wildman–Crippen LogP) is 4.29. The Morgan fingerprint density at radius 1 is 1.26 bits per heavy atom. The summed E-state index contributed by atoms with van der Waals surface area (Å²) in [7, 11) is 1.10. The summed E-state index contributed by atoms with van der Waals surface area (Å²) in [6.45, 7) is 11.3. The lowest BCUT2D eigenvalue weighted by molar-refractivity contribution is -0.177. The minimum absolute atomic E-state index is 0.104. The van der Waals surface area contributed by atoms with Crippen molar-refractivity contribution in [2.24, 2.45) is 5.92 Å². The molecule has 0 aliphatic heterocycles. The molecule has 0 bridgehead atoms. The highest BCUT2D eigenvalue weighted by Crippen LogP contribution is 2.36. The summed E-state index contributed by atoms with van der Waals surface area (Å²) < 4.78 is 6.15. The average Bonchev–Trinajstić information content (AvgIpc) is 2.58. The van der Waals surface area contributed by atoms with Crippen molar-refractivity contribution in [3.05, 3.63) is 34.9 Å². The van der Waals surface area contributed by atoms with E-state index in [0.29, 0.717) is 24.5 Å². The Morgan fingerprint density at radius 3 is 2.30 bits per heavy atom. The molecule has 1 N–H and O–H groups in total. The molecule has 1 amide bonds. The molecule has 0 aliphatic rings. The minimum atomic E-state index is -1.89. The standard InChI is InChI=1S/C20H34ClNO4Si/c1-20(2,3)27(6,7)26-13-12-18(23)17(19(24)22(4)25-5)14-15-8-10-16(21)11-9-15/h8-11,17-18,23H,12-14H2,1-7H3/t17-,18+/m0/s1. The Kier molecular flexibility index (Phi) is 8.96. The van der Waals surface area contributed by atoms with Crippen LogP contribution >= 0.6 is 11.6 Å². The van der Waals surface area contributed by atoms with Crippen LogP contribution in [0.3, 0.4) is 0 Å². The number of aliphatic hydroxyl groups excluding tert-OH is 1. The van der Waals surface area contributed by atoms with Crippen molar-refractivity contribution in [2.75, 3.05) is 20.8 Å². The van der Waals surface area contributed by atoms with Gasteiger partial charge in [0.05, 0.1) is 19.1 Å². The lowest BCUT2D eigenvalue weighted by Gasteiger charge is -2.36. The molecule has 0 fully saturated rings. The van der Waals surface area contributed by atoms with Crippen LogP contribution in [0, 0.1) is 5.92 Å². The number of halogens is 1. The molecule has 1 rings (SSSR count). The molecule has 1 aromatic carbocycles. The number of hydroxylamine groups is 2. The first kappa shape index (κ1) is 24.1. The van der Waals surface area contributed by atoms with E-state index in [1.807, 2.05) is 12.1 Å². The van der Waals surface area contributed by atoms with Gasteiger partial charge in [0.2, 0.25) is 0 Å². The Morgan fingerprint density at radius 2 is 1.81 bits per heavy atom. The summed E-state index contributed by atoms with van der Waals surface area (Å²) in [5.41, 5.74) is 0.937. The summed E-state index contributed by atoms with van der Waals surface area (Å²) >= 11 is 5.94. The van der Waals surface area contributed by atoms with Crippen molar-refractivity contribution in [3.63, 3.8) is 0 Å². The second-order valence-electron chi connectivity index (χ2n) is 8.42. The molecule has 0 aromatic heterocycles. The SMILES string of the molecule is CON(C)C(=O)[C@@H](Cc1ccc(Cl)cc1)[C@H](O)CCO[Si](C)(C)C(C)(C)C. The van der Waals surface area contributed by atoms with Gasteiger partial charge in [-0.1, -0.05) is 44.5 Å². The van der Waals surface area contributed by atoms with Crippen LogP contribution in [0.25, 0.3) is 0 Å². The number of aliphatic hydroxyl groups is 1.